The molecule has 152 valence electrons. The van der Waals surface area contributed by atoms with E-state index >= 15 is 0 Å². The Morgan fingerprint density at radius 1 is 0.483 bits per heavy atom. The maximum absolute atomic E-state index is 10.7. The molecule has 0 aliphatic heterocycles. The smallest absolute Gasteiger partial charge is 0.119 e. The minimum absolute atomic E-state index is 0.376. The fraction of sp³-hybridized carbons (Fsp3) is 0.556. The first-order valence-electron chi connectivity index (χ1n) is 11.8. The van der Waals surface area contributed by atoms with Crippen LogP contribution in [0.25, 0.3) is 11.1 Å². The highest BCUT2D eigenvalue weighted by Gasteiger charge is 2.43. The van der Waals surface area contributed by atoms with Crippen LogP contribution in [0, 0.1) is 10.8 Å². The third kappa shape index (κ3) is 2.67. The van der Waals surface area contributed by atoms with Crippen molar-refractivity contribution in [1.82, 2.24) is 0 Å². The molecule has 4 aliphatic rings. The fourth-order valence-corrected chi connectivity index (χ4v) is 7.42. The SMILES string of the molecule is Oc1ccc(-c2ccc(O)c3c2CC2(CCCC2)C3)c2c1CC1(CCCCC1)C2. The predicted molar refractivity (Wildman–Crippen MR) is 116 cm³/mol. The lowest BCUT2D eigenvalue weighted by Crippen LogP contribution is -2.24. The molecule has 0 aromatic heterocycles. The van der Waals surface area contributed by atoms with Gasteiger partial charge in [0.2, 0.25) is 0 Å². The molecule has 0 amide bonds. The number of fused-ring (bicyclic) bond motifs is 2. The summed E-state index contributed by atoms with van der Waals surface area (Å²) in [6.07, 6.45) is 16.2. The fourth-order valence-electron chi connectivity index (χ4n) is 7.42. The van der Waals surface area contributed by atoms with Gasteiger partial charge in [0.15, 0.2) is 0 Å². The number of aromatic hydroxyl groups is 2. The molecular formula is C27H32O2. The Labute approximate surface area is 174 Å². The summed E-state index contributed by atoms with van der Waals surface area (Å²) in [6, 6.07) is 8.16. The topological polar surface area (TPSA) is 40.5 Å². The van der Waals surface area contributed by atoms with Crippen molar-refractivity contribution in [2.45, 2.75) is 83.5 Å². The minimum atomic E-state index is 0.376. The van der Waals surface area contributed by atoms with Crippen LogP contribution in [-0.4, -0.2) is 10.2 Å². The Morgan fingerprint density at radius 2 is 0.862 bits per heavy atom. The third-order valence-corrected chi connectivity index (χ3v) is 8.89. The average molecular weight is 389 g/mol. The van der Waals surface area contributed by atoms with Gasteiger partial charge in [-0.05, 0) is 108 Å². The molecule has 2 nitrogen and oxygen atoms in total. The molecule has 2 spiro atoms. The van der Waals surface area contributed by atoms with E-state index in [0.29, 0.717) is 22.3 Å². The molecular weight excluding hydrogens is 356 g/mol. The van der Waals surface area contributed by atoms with Gasteiger partial charge in [0.1, 0.15) is 11.5 Å². The Kier molecular flexibility index (Phi) is 3.86. The largest absolute Gasteiger partial charge is 0.508 e. The van der Waals surface area contributed by atoms with E-state index in [4.69, 9.17) is 0 Å². The Hall–Kier alpha value is -1.96. The molecule has 29 heavy (non-hydrogen) atoms. The molecule has 0 unspecified atom stereocenters. The zero-order valence-electron chi connectivity index (χ0n) is 17.4. The van der Waals surface area contributed by atoms with E-state index in [2.05, 4.69) is 12.1 Å². The second-order valence-corrected chi connectivity index (χ2v) is 10.7. The monoisotopic (exact) mass is 388 g/mol. The lowest BCUT2D eigenvalue weighted by Gasteiger charge is -2.33. The van der Waals surface area contributed by atoms with Gasteiger partial charge in [-0.25, -0.2) is 0 Å². The van der Waals surface area contributed by atoms with Crippen LogP contribution in [0.2, 0.25) is 0 Å². The molecule has 2 saturated carbocycles. The van der Waals surface area contributed by atoms with Gasteiger partial charge < -0.3 is 10.2 Å². The number of benzene rings is 2. The predicted octanol–water partition coefficient (Wildman–Crippen LogP) is 6.47. The van der Waals surface area contributed by atoms with Crippen molar-refractivity contribution in [3.05, 3.63) is 46.5 Å². The lowest BCUT2D eigenvalue weighted by atomic mass is 9.72. The van der Waals surface area contributed by atoms with E-state index < -0.39 is 0 Å². The van der Waals surface area contributed by atoms with Crippen LogP contribution in [0.3, 0.4) is 0 Å². The zero-order valence-corrected chi connectivity index (χ0v) is 17.4. The Balaban J connectivity index is 1.46. The van der Waals surface area contributed by atoms with Crippen LogP contribution < -0.4 is 0 Å². The molecule has 0 saturated heterocycles. The Morgan fingerprint density at radius 3 is 1.31 bits per heavy atom. The van der Waals surface area contributed by atoms with Crippen LogP contribution in [0.1, 0.15) is 80.0 Å². The number of phenolic OH excluding ortho intramolecular Hbond substituents is 2. The zero-order chi connectivity index (χ0) is 19.6. The molecule has 0 bridgehead atoms. The van der Waals surface area contributed by atoms with Crippen molar-refractivity contribution in [2.75, 3.05) is 0 Å². The summed E-state index contributed by atoms with van der Waals surface area (Å²) < 4.78 is 0. The van der Waals surface area contributed by atoms with Crippen LogP contribution in [0.15, 0.2) is 24.3 Å². The summed E-state index contributed by atoms with van der Waals surface area (Å²) in [7, 11) is 0. The third-order valence-electron chi connectivity index (χ3n) is 8.89. The highest BCUT2D eigenvalue weighted by molar-refractivity contribution is 5.77. The van der Waals surface area contributed by atoms with E-state index in [1.54, 1.807) is 0 Å². The normalized spacial score (nSPS) is 23.6. The highest BCUT2D eigenvalue weighted by atomic mass is 16.3. The van der Waals surface area contributed by atoms with Gasteiger partial charge in [0.25, 0.3) is 0 Å². The van der Waals surface area contributed by atoms with Crippen molar-refractivity contribution in [2.24, 2.45) is 10.8 Å². The molecule has 0 atom stereocenters. The van der Waals surface area contributed by atoms with E-state index in [0.717, 1.165) is 25.7 Å². The second-order valence-electron chi connectivity index (χ2n) is 10.7. The van der Waals surface area contributed by atoms with Gasteiger partial charge in [-0.1, -0.05) is 44.2 Å². The first kappa shape index (κ1) is 17.9. The van der Waals surface area contributed by atoms with Crippen LogP contribution in [0.5, 0.6) is 11.5 Å². The summed E-state index contributed by atoms with van der Waals surface area (Å²) in [4.78, 5) is 0. The quantitative estimate of drug-likeness (QED) is 0.587. The molecule has 2 aromatic rings. The molecule has 0 heterocycles. The number of phenols is 2. The minimum Gasteiger partial charge on any atom is -0.508 e. The highest BCUT2D eigenvalue weighted by Crippen LogP contribution is 2.55. The molecule has 2 heteroatoms. The molecule has 0 radical (unpaired) electrons. The van der Waals surface area contributed by atoms with E-state index in [1.165, 1.54) is 91.2 Å². The van der Waals surface area contributed by atoms with Crippen molar-refractivity contribution in [3.63, 3.8) is 0 Å². The Bertz CT molecular complexity index is 975. The van der Waals surface area contributed by atoms with Crippen LogP contribution >= 0.6 is 0 Å². The van der Waals surface area contributed by atoms with Gasteiger partial charge >= 0.3 is 0 Å². The van der Waals surface area contributed by atoms with Gasteiger partial charge in [0.05, 0.1) is 0 Å². The van der Waals surface area contributed by atoms with Crippen LogP contribution in [-0.2, 0) is 25.7 Å². The summed E-state index contributed by atoms with van der Waals surface area (Å²) >= 11 is 0. The second kappa shape index (κ2) is 6.27. The van der Waals surface area contributed by atoms with Gasteiger partial charge in [-0.3, -0.25) is 0 Å². The first-order chi connectivity index (χ1) is 14.1. The maximum atomic E-state index is 10.7. The first-order valence-corrected chi connectivity index (χ1v) is 11.8. The molecule has 2 fully saturated rings. The van der Waals surface area contributed by atoms with E-state index in [9.17, 15) is 10.2 Å². The number of hydrogen-bond donors (Lipinski definition) is 2. The molecule has 2 aromatic carbocycles. The van der Waals surface area contributed by atoms with Gasteiger partial charge in [-0.15, -0.1) is 0 Å². The van der Waals surface area contributed by atoms with Gasteiger partial charge in [0, 0.05) is 0 Å². The summed E-state index contributed by atoms with van der Waals surface area (Å²) in [5.74, 6) is 0.987. The standard InChI is InChI=1S/C27H32O2/c28-24-8-6-18(20-14-26(16-22(20)24)10-2-1-3-11-26)19-7-9-25(29)23-17-27(15-21(19)23)12-4-5-13-27/h6-9,28-29H,1-5,10-17H2. The summed E-state index contributed by atoms with van der Waals surface area (Å²) in [5, 5.41) is 21.3. The van der Waals surface area contributed by atoms with Gasteiger partial charge in [-0.2, -0.15) is 0 Å². The van der Waals surface area contributed by atoms with Crippen molar-refractivity contribution in [3.8, 4) is 22.6 Å². The molecule has 2 N–H and O–H groups in total. The summed E-state index contributed by atoms with van der Waals surface area (Å²) in [6.45, 7) is 0. The van der Waals surface area contributed by atoms with Crippen LogP contribution in [0.4, 0.5) is 0 Å². The number of hydrogen-bond acceptors (Lipinski definition) is 2. The lowest BCUT2D eigenvalue weighted by molar-refractivity contribution is 0.202. The van der Waals surface area contributed by atoms with Crippen molar-refractivity contribution < 1.29 is 10.2 Å². The van der Waals surface area contributed by atoms with E-state index in [1.807, 2.05) is 12.1 Å². The van der Waals surface area contributed by atoms with Crippen molar-refractivity contribution >= 4 is 0 Å². The van der Waals surface area contributed by atoms with E-state index in [-0.39, 0.29) is 0 Å². The average Bonchev–Trinajstić information content (AvgIpc) is 3.43. The number of rotatable bonds is 1. The van der Waals surface area contributed by atoms with Crippen molar-refractivity contribution in [1.29, 1.82) is 0 Å². The summed E-state index contributed by atoms with van der Waals surface area (Å²) in [5.41, 5.74) is 8.62. The molecule has 6 rings (SSSR count). The maximum Gasteiger partial charge on any atom is 0.119 e. The molecule has 4 aliphatic carbocycles.